The van der Waals surface area contributed by atoms with Gasteiger partial charge in [0.1, 0.15) is 0 Å². The van der Waals surface area contributed by atoms with Crippen LogP contribution in [0.15, 0.2) is 24.3 Å². The second-order valence-electron chi connectivity index (χ2n) is 6.85. The van der Waals surface area contributed by atoms with Crippen LogP contribution in [-0.4, -0.2) is 33.2 Å². The van der Waals surface area contributed by atoms with E-state index in [1.807, 2.05) is 0 Å². The van der Waals surface area contributed by atoms with Crippen molar-refractivity contribution in [2.75, 3.05) is 6.61 Å². The van der Waals surface area contributed by atoms with Crippen LogP contribution in [0.4, 0.5) is 0 Å². The van der Waals surface area contributed by atoms with Gasteiger partial charge in [0.25, 0.3) is 0 Å². The molecule has 0 amide bonds. The molecule has 4 rings (SSSR count). The lowest BCUT2D eigenvalue weighted by molar-refractivity contribution is 0.0782. The lowest BCUT2D eigenvalue weighted by Gasteiger charge is -2.40. The number of benzene rings is 1. The molecule has 2 heterocycles. The molecule has 1 fully saturated rings. The van der Waals surface area contributed by atoms with Gasteiger partial charge in [-0.15, -0.1) is 0 Å². The van der Waals surface area contributed by atoms with E-state index >= 15 is 0 Å². The van der Waals surface area contributed by atoms with E-state index in [4.69, 9.17) is 0 Å². The first-order valence-electron chi connectivity index (χ1n) is 8.15. The van der Waals surface area contributed by atoms with E-state index < -0.39 is 0 Å². The summed E-state index contributed by atoms with van der Waals surface area (Å²) < 4.78 is 0. The molecule has 3 unspecified atom stereocenters. The topological polar surface area (TPSA) is 39.3 Å². The summed E-state index contributed by atoms with van der Waals surface area (Å²) in [4.78, 5) is 6.26. The third-order valence-corrected chi connectivity index (χ3v) is 5.87. The molecule has 3 atom stereocenters. The number of aromatic nitrogens is 1. The van der Waals surface area contributed by atoms with Crippen LogP contribution in [-0.2, 0) is 13.0 Å². The van der Waals surface area contributed by atoms with E-state index in [9.17, 15) is 5.11 Å². The van der Waals surface area contributed by atoms with Crippen molar-refractivity contribution in [1.82, 2.24) is 9.88 Å². The summed E-state index contributed by atoms with van der Waals surface area (Å²) in [6, 6.07) is 9.18. The summed E-state index contributed by atoms with van der Waals surface area (Å²) in [5, 5.41) is 11.0. The number of hydrogen-bond donors (Lipinski definition) is 2. The Kier molecular flexibility index (Phi) is 2.92. The molecule has 1 aliphatic carbocycles. The maximum Gasteiger partial charge on any atom is 0.0477 e. The molecule has 2 aromatic rings. The number of fused-ring (bicyclic) bond motifs is 3. The molecule has 1 aliphatic heterocycles. The van der Waals surface area contributed by atoms with E-state index in [1.54, 1.807) is 0 Å². The van der Waals surface area contributed by atoms with Gasteiger partial charge in [-0.2, -0.15) is 0 Å². The Morgan fingerprint density at radius 1 is 1.38 bits per heavy atom. The fraction of sp³-hybridized carbons (Fsp3) is 0.556. The molecule has 112 valence electrons. The summed E-state index contributed by atoms with van der Waals surface area (Å²) >= 11 is 0. The maximum atomic E-state index is 9.56. The normalized spacial score (nSPS) is 32.3. The zero-order chi connectivity index (χ0) is 14.6. The average molecular weight is 284 g/mol. The van der Waals surface area contributed by atoms with Crippen LogP contribution in [0, 0.1) is 5.92 Å². The number of aliphatic hydroxyl groups is 1. The number of hydrogen-bond acceptors (Lipinski definition) is 2. The summed E-state index contributed by atoms with van der Waals surface area (Å²) in [7, 11) is 0. The molecule has 2 N–H and O–H groups in total. The van der Waals surface area contributed by atoms with Crippen LogP contribution in [0.3, 0.4) is 0 Å². The SMILES string of the molecule is CCC1(N2Cc3[nH]c4ccccc4c3CC2C)CC1CO. The standard InChI is InChI=1S/C18H24N2O/c1-3-18(9-13(18)11-21)20-10-17-15(8-12(20)2)14-6-4-5-7-16(14)19-17/h4-7,12-13,19,21H,3,8-11H2,1-2H3. The van der Waals surface area contributed by atoms with Gasteiger partial charge in [-0.3, -0.25) is 4.90 Å². The highest BCUT2D eigenvalue weighted by molar-refractivity contribution is 5.84. The summed E-state index contributed by atoms with van der Waals surface area (Å²) in [5.74, 6) is 0.468. The molecular formula is C18H24N2O. The molecule has 21 heavy (non-hydrogen) atoms. The lowest BCUT2D eigenvalue weighted by atomic mass is 9.94. The fourth-order valence-electron chi connectivity index (χ4n) is 4.54. The minimum atomic E-state index is 0.239. The Hall–Kier alpha value is -1.32. The van der Waals surface area contributed by atoms with Crippen molar-refractivity contribution in [3.63, 3.8) is 0 Å². The van der Waals surface area contributed by atoms with E-state index in [1.165, 1.54) is 22.2 Å². The first kappa shape index (κ1) is 13.4. The first-order chi connectivity index (χ1) is 10.2. The average Bonchev–Trinajstić information content (AvgIpc) is 3.14. The molecule has 0 spiro atoms. The fourth-order valence-corrected chi connectivity index (χ4v) is 4.54. The molecule has 1 aromatic carbocycles. The maximum absolute atomic E-state index is 9.56. The largest absolute Gasteiger partial charge is 0.396 e. The van der Waals surface area contributed by atoms with Gasteiger partial charge in [-0.05, 0) is 37.8 Å². The minimum Gasteiger partial charge on any atom is -0.396 e. The highest BCUT2D eigenvalue weighted by Crippen LogP contribution is 2.53. The molecule has 1 aromatic heterocycles. The van der Waals surface area contributed by atoms with E-state index in [2.05, 4.69) is 48.0 Å². The monoisotopic (exact) mass is 284 g/mol. The van der Waals surface area contributed by atoms with Crippen molar-refractivity contribution < 1.29 is 5.11 Å². The number of para-hydroxylation sites is 1. The molecular weight excluding hydrogens is 260 g/mol. The van der Waals surface area contributed by atoms with Crippen LogP contribution in [0.5, 0.6) is 0 Å². The molecule has 0 saturated heterocycles. The van der Waals surface area contributed by atoms with Gasteiger partial charge in [0.05, 0.1) is 0 Å². The van der Waals surface area contributed by atoms with Crippen molar-refractivity contribution in [1.29, 1.82) is 0 Å². The van der Waals surface area contributed by atoms with Gasteiger partial charge in [-0.1, -0.05) is 25.1 Å². The second-order valence-corrected chi connectivity index (χ2v) is 6.85. The summed E-state index contributed by atoms with van der Waals surface area (Å²) in [6.07, 6.45) is 3.40. The third-order valence-electron chi connectivity index (χ3n) is 5.87. The van der Waals surface area contributed by atoms with Crippen LogP contribution < -0.4 is 0 Å². The van der Waals surface area contributed by atoms with Crippen molar-refractivity contribution in [3.05, 3.63) is 35.5 Å². The van der Waals surface area contributed by atoms with Crippen molar-refractivity contribution in [3.8, 4) is 0 Å². The van der Waals surface area contributed by atoms with Crippen LogP contribution in [0.25, 0.3) is 10.9 Å². The van der Waals surface area contributed by atoms with Gasteiger partial charge < -0.3 is 10.1 Å². The first-order valence-corrected chi connectivity index (χ1v) is 8.15. The van der Waals surface area contributed by atoms with E-state index in [0.29, 0.717) is 18.6 Å². The Bertz CT molecular complexity index is 677. The highest BCUT2D eigenvalue weighted by atomic mass is 16.3. The van der Waals surface area contributed by atoms with Gasteiger partial charge in [0, 0.05) is 47.2 Å². The van der Waals surface area contributed by atoms with E-state index in [0.717, 1.165) is 25.8 Å². The van der Waals surface area contributed by atoms with Gasteiger partial charge in [0.15, 0.2) is 0 Å². The summed E-state index contributed by atoms with van der Waals surface area (Å²) in [5.41, 5.74) is 4.38. The Labute approximate surface area is 126 Å². The van der Waals surface area contributed by atoms with Crippen LogP contribution in [0.2, 0.25) is 0 Å². The third kappa shape index (κ3) is 1.80. The zero-order valence-corrected chi connectivity index (χ0v) is 12.9. The summed E-state index contributed by atoms with van der Waals surface area (Å²) in [6.45, 7) is 5.93. The number of nitrogens with one attached hydrogen (secondary N) is 1. The molecule has 3 nitrogen and oxygen atoms in total. The van der Waals surface area contributed by atoms with Gasteiger partial charge in [0.2, 0.25) is 0 Å². The molecule has 3 heteroatoms. The number of nitrogens with zero attached hydrogens (tertiary/aromatic N) is 1. The highest BCUT2D eigenvalue weighted by Gasteiger charge is 2.57. The number of H-pyrrole nitrogens is 1. The van der Waals surface area contributed by atoms with Gasteiger partial charge >= 0.3 is 0 Å². The zero-order valence-electron chi connectivity index (χ0n) is 12.9. The molecule has 1 saturated carbocycles. The van der Waals surface area contributed by atoms with Crippen molar-refractivity contribution >= 4 is 10.9 Å². The van der Waals surface area contributed by atoms with Crippen LogP contribution >= 0.6 is 0 Å². The second kappa shape index (κ2) is 4.59. The van der Waals surface area contributed by atoms with Crippen molar-refractivity contribution in [2.24, 2.45) is 5.92 Å². The Balaban J connectivity index is 1.72. The number of aromatic amines is 1. The number of aliphatic hydroxyl groups excluding tert-OH is 1. The van der Waals surface area contributed by atoms with E-state index in [-0.39, 0.29) is 5.54 Å². The number of rotatable bonds is 3. The Morgan fingerprint density at radius 2 is 2.19 bits per heavy atom. The smallest absolute Gasteiger partial charge is 0.0477 e. The quantitative estimate of drug-likeness (QED) is 0.909. The minimum absolute atomic E-state index is 0.239. The molecule has 0 radical (unpaired) electrons. The van der Waals surface area contributed by atoms with Gasteiger partial charge in [-0.25, -0.2) is 0 Å². The van der Waals surface area contributed by atoms with Crippen LogP contribution in [0.1, 0.15) is 37.9 Å². The lowest BCUT2D eigenvalue weighted by Crippen LogP contribution is -2.48. The predicted octanol–water partition coefficient (Wildman–Crippen LogP) is 3.08. The molecule has 2 aliphatic rings. The predicted molar refractivity (Wildman–Crippen MR) is 85.2 cm³/mol. The molecule has 0 bridgehead atoms. The Morgan fingerprint density at radius 3 is 2.90 bits per heavy atom. The van der Waals surface area contributed by atoms with Crippen molar-refractivity contribution in [2.45, 2.75) is 51.2 Å².